The van der Waals surface area contributed by atoms with E-state index in [1.54, 1.807) is 0 Å². The molecule has 1 aliphatic rings. The van der Waals surface area contributed by atoms with E-state index < -0.39 is 0 Å². The van der Waals surface area contributed by atoms with Crippen molar-refractivity contribution in [3.05, 3.63) is 36.2 Å². The van der Waals surface area contributed by atoms with Crippen molar-refractivity contribution in [2.24, 2.45) is 5.73 Å². The van der Waals surface area contributed by atoms with Crippen LogP contribution in [0.4, 0.5) is 0 Å². The van der Waals surface area contributed by atoms with E-state index in [2.05, 4.69) is 15.1 Å². The van der Waals surface area contributed by atoms with Crippen molar-refractivity contribution in [1.82, 2.24) is 19.7 Å². The van der Waals surface area contributed by atoms with Crippen LogP contribution >= 0.6 is 11.8 Å². The molecule has 0 spiro atoms. The van der Waals surface area contributed by atoms with Crippen LogP contribution in [0.2, 0.25) is 0 Å². The number of carbonyl (C=O) groups is 1. The van der Waals surface area contributed by atoms with E-state index in [-0.39, 0.29) is 11.7 Å². The lowest BCUT2D eigenvalue weighted by molar-refractivity contribution is -0.115. The van der Waals surface area contributed by atoms with Gasteiger partial charge in [-0.2, -0.15) is 0 Å². The maximum absolute atomic E-state index is 11.1. The summed E-state index contributed by atoms with van der Waals surface area (Å²) in [6.45, 7) is 3.94. The number of nitrogens with zero attached hydrogens (tertiary/aromatic N) is 4. The van der Waals surface area contributed by atoms with Gasteiger partial charge in [0.2, 0.25) is 5.91 Å². The molecule has 0 atom stereocenters. The molecule has 1 amide bonds. The molecule has 3 rings (SSSR count). The molecule has 0 saturated carbocycles. The van der Waals surface area contributed by atoms with Gasteiger partial charge >= 0.3 is 0 Å². The average molecular weight is 333 g/mol. The summed E-state index contributed by atoms with van der Waals surface area (Å²) in [6, 6.07) is 9.90. The Bertz CT molecular complexity index is 655. The molecule has 7 nitrogen and oxygen atoms in total. The maximum atomic E-state index is 11.1. The monoisotopic (exact) mass is 333 g/mol. The number of ether oxygens (including phenoxy) is 1. The SMILES string of the molecule is NC(=O)CSc1nnc(CN2CCOCC2)n1-c1ccccc1. The summed E-state index contributed by atoms with van der Waals surface area (Å²) in [6.07, 6.45) is 0. The molecule has 122 valence electrons. The van der Waals surface area contributed by atoms with Gasteiger partial charge in [0, 0.05) is 18.8 Å². The first-order valence-electron chi connectivity index (χ1n) is 7.45. The number of hydrogen-bond acceptors (Lipinski definition) is 6. The van der Waals surface area contributed by atoms with Gasteiger partial charge in [0.05, 0.1) is 25.5 Å². The van der Waals surface area contributed by atoms with Crippen LogP contribution in [0, 0.1) is 0 Å². The molecular weight excluding hydrogens is 314 g/mol. The molecule has 2 aromatic rings. The van der Waals surface area contributed by atoms with E-state index in [9.17, 15) is 4.79 Å². The minimum absolute atomic E-state index is 0.183. The number of carbonyl (C=O) groups excluding carboxylic acids is 1. The topological polar surface area (TPSA) is 86.3 Å². The summed E-state index contributed by atoms with van der Waals surface area (Å²) in [7, 11) is 0. The highest BCUT2D eigenvalue weighted by atomic mass is 32.2. The van der Waals surface area contributed by atoms with Crippen molar-refractivity contribution in [3.8, 4) is 5.69 Å². The van der Waals surface area contributed by atoms with Gasteiger partial charge in [-0.3, -0.25) is 14.3 Å². The minimum Gasteiger partial charge on any atom is -0.379 e. The van der Waals surface area contributed by atoms with Gasteiger partial charge in [-0.15, -0.1) is 10.2 Å². The summed E-state index contributed by atoms with van der Waals surface area (Å²) < 4.78 is 7.37. The van der Waals surface area contributed by atoms with E-state index in [0.29, 0.717) is 11.7 Å². The first-order valence-corrected chi connectivity index (χ1v) is 8.43. The van der Waals surface area contributed by atoms with Crippen LogP contribution in [0.15, 0.2) is 35.5 Å². The lowest BCUT2D eigenvalue weighted by Gasteiger charge is -2.26. The Balaban J connectivity index is 1.87. The van der Waals surface area contributed by atoms with Crippen LogP contribution in [0.5, 0.6) is 0 Å². The molecule has 1 aromatic carbocycles. The standard InChI is InChI=1S/C15H19N5O2S/c16-13(21)11-23-15-18-17-14(10-19-6-8-22-9-7-19)20(15)12-4-2-1-3-5-12/h1-5H,6-11H2,(H2,16,21). The number of amides is 1. The number of nitrogens with two attached hydrogens (primary N) is 1. The van der Waals surface area contributed by atoms with Crippen LogP contribution in [0.1, 0.15) is 5.82 Å². The number of rotatable bonds is 6. The Morgan fingerprint density at radius 1 is 1.22 bits per heavy atom. The molecule has 0 radical (unpaired) electrons. The van der Waals surface area contributed by atoms with E-state index in [4.69, 9.17) is 10.5 Å². The van der Waals surface area contributed by atoms with E-state index in [1.165, 1.54) is 11.8 Å². The fraction of sp³-hybridized carbons (Fsp3) is 0.400. The fourth-order valence-electron chi connectivity index (χ4n) is 2.43. The first-order chi connectivity index (χ1) is 11.2. The smallest absolute Gasteiger partial charge is 0.227 e. The summed E-state index contributed by atoms with van der Waals surface area (Å²) in [5.74, 6) is 0.667. The maximum Gasteiger partial charge on any atom is 0.227 e. The van der Waals surface area contributed by atoms with Crippen molar-refractivity contribution in [2.45, 2.75) is 11.7 Å². The molecule has 0 bridgehead atoms. The fourth-order valence-corrected chi connectivity index (χ4v) is 3.14. The zero-order valence-electron chi connectivity index (χ0n) is 12.7. The zero-order chi connectivity index (χ0) is 16.1. The molecule has 0 unspecified atom stereocenters. The van der Waals surface area contributed by atoms with Crippen molar-refractivity contribution < 1.29 is 9.53 Å². The third-order valence-corrected chi connectivity index (χ3v) is 4.48. The second-order valence-electron chi connectivity index (χ2n) is 5.21. The van der Waals surface area contributed by atoms with Gasteiger partial charge in [0.15, 0.2) is 11.0 Å². The van der Waals surface area contributed by atoms with Crippen LogP contribution in [0.25, 0.3) is 5.69 Å². The largest absolute Gasteiger partial charge is 0.379 e. The second-order valence-corrected chi connectivity index (χ2v) is 6.16. The molecule has 1 aromatic heterocycles. The highest BCUT2D eigenvalue weighted by Crippen LogP contribution is 2.22. The number of primary amides is 1. The third-order valence-electron chi connectivity index (χ3n) is 3.53. The molecular formula is C15H19N5O2S. The summed E-state index contributed by atoms with van der Waals surface area (Å²) in [5.41, 5.74) is 6.23. The van der Waals surface area contributed by atoms with Gasteiger partial charge in [-0.25, -0.2) is 0 Å². The van der Waals surface area contributed by atoms with Crippen LogP contribution in [-0.4, -0.2) is 57.6 Å². The number of benzene rings is 1. The number of para-hydroxylation sites is 1. The lowest BCUT2D eigenvalue weighted by atomic mass is 10.3. The molecule has 23 heavy (non-hydrogen) atoms. The van der Waals surface area contributed by atoms with Gasteiger partial charge in [-0.1, -0.05) is 30.0 Å². The van der Waals surface area contributed by atoms with Crippen molar-refractivity contribution in [3.63, 3.8) is 0 Å². The highest BCUT2D eigenvalue weighted by Gasteiger charge is 2.19. The lowest BCUT2D eigenvalue weighted by Crippen LogP contribution is -2.36. The Morgan fingerprint density at radius 2 is 1.96 bits per heavy atom. The number of hydrogen-bond donors (Lipinski definition) is 1. The van der Waals surface area contributed by atoms with Crippen LogP contribution < -0.4 is 5.73 Å². The van der Waals surface area contributed by atoms with Crippen LogP contribution in [-0.2, 0) is 16.1 Å². The van der Waals surface area contributed by atoms with Crippen molar-refractivity contribution in [2.75, 3.05) is 32.1 Å². The Hall–Kier alpha value is -1.90. The molecule has 0 aliphatic carbocycles. The van der Waals surface area contributed by atoms with Gasteiger partial charge < -0.3 is 10.5 Å². The average Bonchev–Trinajstić information content (AvgIpc) is 2.97. The Labute approximate surface area is 138 Å². The highest BCUT2D eigenvalue weighted by molar-refractivity contribution is 7.99. The van der Waals surface area contributed by atoms with E-state index in [1.807, 2.05) is 34.9 Å². The predicted octanol–water partition coefficient (Wildman–Crippen LogP) is 0.677. The normalized spacial score (nSPS) is 15.7. The second kappa shape index (κ2) is 7.58. The first kappa shape index (κ1) is 16.0. The predicted molar refractivity (Wildman–Crippen MR) is 87.4 cm³/mol. The zero-order valence-corrected chi connectivity index (χ0v) is 13.5. The van der Waals surface area contributed by atoms with Gasteiger partial charge in [0.1, 0.15) is 0 Å². The van der Waals surface area contributed by atoms with Crippen molar-refractivity contribution >= 4 is 17.7 Å². The minimum atomic E-state index is -0.368. The summed E-state index contributed by atoms with van der Waals surface area (Å²) in [4.78, 5) is 13.4. The van der Waals surface area contributed by atoms with Crippen molar-refractivity contribution in [1.29, 1.82) is 0 Å². The van der Waals surface area contributed by atoms with E-state index in [0.717, 1.165) is 37.8 Å². The van der Waals surface area contributed by atoms with E-state index >= 15 is 0 Å². The summed E-state index contributed by atoms with van der Waals surface area (Å²) >= 11 is 1.30. The molecule has 1 aliphatic heterocycles. The summed E-state index contributed by atoms with van der Waals surface area (Å²) in [5, 5.41) is 9.24. The van der Waals surface area contributed by atoms with Gasteiger partial charge in [0.25, 0.3) is 0 Å². The molecule has 2 heterocycles. The molecule has 8 heteroatoms. The quantitative estimate of drug-likeness (QED) is 0.782. The number of morpholine rings is 1. The Morgan fingerprint density at radius 3 is 2.65 bits per heavy atom. The molecule has 1 saturated heterocycles. The Kier molecular flexibility index (Phi) is 5.27. The third kappa shape index (κ3) is 4.10. The number of thioether (sulfide) groups is 1. The number of aromatic nitrogens is 3. The van der Waals surface area contributed by atoms with Crippen LogP contribution in [0.3, 0.4) is 0 Å². The van der Waals surface area contributed by atoms with Gasteiger partial charge in [-0.05, 0) is 12.1 Å². The molecule has 1 fully saturated rings. The molecule has 2 N–H and O–H groups in total.